The number of rotatable bonds is 12. The van der Waals surface area contributed by atoms with Crippen molar-refractivity contribution in [1.82, 2.24) is 4.67 Å². The molecule has 1 aliphatic heterocycles. The summed E-state index contributed by atoms with van der Waals surface area (Å²) in [7, 11) is 4.98. The molecule has 1 unspecified atom stereocenters. The molecule has 5 nitrogen and oxygen atoms in total. The maximum atomic E-state index is 6.44. The molecule has 1 rings (SSSR count). The van der Waals surface area contributed by atoms with E-state index in [1.54, 1.807) is 7.11 Å². The summed E-state index contributed by atoms with van der Waals surface area (Å²) in [5.41, 5.74) is 0. The maximum absolute atomic E-state index is 6.44. The van der Waals surface area contributed by atoms with Crippen LogP contribution in [0.15, 0.2) is 0 Å². The molecule has 0 aromatic rings. The lowest BCUT2D eigenvalue weighted by Crippen LogP contribution is -2.41. The van der Waals surface area contributed by atoms with Gasteiger partial charge in [-0.25, -0.2) is 4.67 Å². The van der Waals surface area contributed by atoms with Crippen molar-refractivity contribution in [1.29, 1.82) is 0 Å². The summed E-state index contributed by atoms with van der Waals surface area (Å²) in [6.45, 7) is 15.9. The van der Waals surface area contributed by atoms with Gasteiger partial charge in [0.2, 0.25) is 0 Å². The number of hydrogen-bond acceptors (Lipinski definition) is 5. The summed E-state index contributed by atoms with van der Waals surface area (Å²) in [5.74, 6) is 0. The third-order valence-corrected chi connectivity index (χ3v) is 12.1. The minimum Gasteiger partial charge on any atom is -0.414 e. The maximum Gasteiger partial charge on any atom is 0.259 e. The molecule has 1 saturated heterocycles. The van der Waals surface area contributed by atoms with Gasteiger partial charge in [0, 0.05) is 25.2 Å². The Kier molecular flexibility index (Phi) is 10.9. The van der Waals surface area contributed by atoms with Gasteiger partial charge >= 0.3 is 0 Å². The molecule has 1 aliphatic rings. The Morgan fingerprint density at radius 2 is 1.65 bits per heavy atom. The zero-order chi connectivity index (χ0) is 19.9. The molecule has 8 heteroatoms. The second-order valence-corrected chi connectivity index (χ2v) is 13.9. The quantitative estimate of drug-likeness (QED) is 0.350. The number of nitrogens with zero attached hydrogens (tertiary/aromatic N) is 1. The zero-order valence-electron chi connectivity index (χ0n) is 18.0. The highest BCUT2D eigenvalue weighted by molar-refractivity contribution is 7.44. The molecule has 0 N–H and O–H groups in total. The van der Waals surface area contributed by atoms with Gasteiger partial charge in [-0.1, -0.05) is 20.8 Å². The number of hydrogen-bond donors (Lipinski definition) is 0. The van der Waals surface area contributed by atoms with Crippen molar-refractivity contribution in [2.24, 2.45) is 0 Å². The lowest BCUT2D eigenvalue weighted by atomic mass is 9.96. The minimum atomic E-state index is -1.66. The molecular formula is C18H39BNO4PSi. The van der Waals surface area contributed by atoms with Gasteiger partial charge in [-0.2, -0.15) is 0 Å². The highest BCUT2D eigenvalue weighted by Crippen LogP contribution is 2.48. The topological polar surface area (TPSA) is 40.2 Å². The van der Waals surface area contributed by atoms with Crippen LogP contribution in [0, 0.1) is 0 Å². The Labute approximate surface area is 165 Å². The summed E-state index contributed by atoms with van der Waals surface area (Å²) in [6, 6.07) is 3.77. The lowest BCUT2D eigenvalue weighted by Gasteiger charge is -2.37. The van der Waals surface area contributed by atoms with Crippen LogP contribution in [0.2, 0.25) is 18.1 Å². The molecule has 0 bridgehead atoms. The molecular weight excluding hydrogens is 364 g/mol. The van der Waals surface area contributed by atoms with E-state index in [2.05, 4.69) is 53.1 Å². The summed E-state index contributed by atoms with van der Waals surface area (Å²) >= 11 is 0. The summed E-state index contributed by atoms with van der Waals surface area (Å²) < 4.78 is 26.8. The van der Waals surface area contributed by atoms with Crippen LogP contribution >= 0.6 is 8.53 Å². The Bertz CT molecular complexity index is 385. The van der Waals surface area contributed by atoms with Crippen molar-refractivity contribution < 1.29 is 18.2 Å². The molecule has 1 fully saturated rings. The molecule has 4 atom stereocenters. The summed E-state index contributed by atoms with van der Waals surface area (Å²) in [5, 5.41) is 0. The molecule has 0 aliphatic carbocycles. The van der Waals surface area contributed by atoms with E-state index < -0.39 is 16.8 Å². The van der Waals surface area contributed by atoms with E-state index in [0.717, 1.165) is 18.1 Å². The van der Waals surface area contributed by atoms with E-state index in [9.17, 15) is 0 Å². The molecule has 0 spiro atoms. The van der Waals surface area contributed by atoms with E-state index >= 15 is 0 Å². The van der Waals surface area contributed by atoms with E-state index in [1.807, 2.05) is 0 Å². The van der Waals surface area contributed by atoms with E-state index in [1.165, 1.54) is 0 Å². The first-order chi connectivity index (χ1) is 12.2. The van der Waals surface area contributed by atoms with Crippen molar-refractivity contribution in [3.05, 3.63) is 0 Å². The molecule has 0 aromatic carbocycles. The normalized spacial score (nSPS) is 25.6. The lowest BCUT2D eigenvalue weighted by molar-refractivity contribution is 0.00336. The molecule has 1 heterocycles. The van der Waals surface area contributed by atoms with Crippen LogP contribution in [0.5, 0.6) is 0 Å². The Morgan fingerprint density at radius 1 is 1.12 bits per heavy atom. The smallest absolute Gasteiger partial charge is 0.259 e. The highest BCUT2D eigenvalue weighted by Gasteiger charge is 2.40. The van der Waals surface area contributed by atoms with Crippen molar-refractivity contribution >= 4 is 24.7 Å². The van der Waals surface area contributed by atoms with Crippen LogP contribution in [0.3, 0.4) is 0 Å². The van der Waals surface area contributed by atoms with Gasteiger partial charge in [0.05, 0.1) is 12.7 Å². The van der Waals surface area contributed by atoms with Crippen LogP contribution in [-0.4, -0.2) is 64.8 Å². The monoisotopic (exact) mass is 403 g/mol. The molecule has 0 aromatic heterocycles. The second-order valence-electron chi connectivity index (χ2n) is 7.64. The zero-order valence-corrected chi connectivity index (χ0v) is 19.9. The second kappa shape index (κ2) is 11.5. The van der Waals surface area contributed by atoms with Gasteiger partial charge in [-0.05, 0) is 52.2 Å². The Morgan fingerprint density at radius 3 is 2.08 bits per heavy atom. The van der Waals surface area contributed by atoms with Gasteiger partial charge in [-0.3, -0.25) is 0 Å². The average molecular weight is 403 g/mol. The van der Waals surface area contributed by atoms with Crippen LogP contribution in [0.25, 0.3) is 0 Å². The van der Waals surface area contributed by atoms with Crippen LogP contribution in [0.4, 0.5) is 0 Å². The first kappa shape index (κ1) is 24.5. The molecule has 0 saturated carbocycles. The van der Waals surface area contributed by atoms with Gasteiger partial charge in [0.15, 0.2) is 8.32 Å². The standard InChI is InChI=1S/C18H39BNO4PSi/c1-9-26(10-2,11-3)22-13-17-16(12-18(19)23-17)24-25(21-8)20(14(4)5)15(6)7/h14-18H,9-13H2,1-8H3/t16-,17-,18-,25?/m1/s1. The van der Waals surface area contributed by atoms with Crippen LogP contribution in [-0.2, 0) is 18.2 Å². The molecule has 26 heavy (non-hydrogen) atoms. The third kappa shape index (κ3) is 6.54. The minimum absolute atomic E-state index is 0.0895. The Balaban J connectivity index is 2.79. The summed E-state index contributed by atoms with van der Waals surface area (Å²) in [6.07, 6.45) is 0.468. The fraction of sp³-hybridized carbons (Fsp3) is 1.00. The SMILES string of the molecule is [B][C@H]1C[C@@H](OP(OC)N(C(C)C)C(C)C)[C@@H](CO[Si](CC)(CC)CC)O1. The van der Waals surface area contributed by atoms with E-state index in [-0.39, 0.29) is 18.2 Å². The van der Waals surface area contributed by atoms with Crippen molar-refractivity contribution in [3.63, 3.8) is 0 Å². The van der Waals surface area contributed by atoms with Gasteiger partial charge < -0.3 is 18.2 Å². The van der Waals surface area contributed by atoms with Crippen molar-refractivity contribution in [3.8, 4) is 0 Å². The van der Waals surface area contributed by atoms with Crippen molar-refractivity contribution in [2.75, 3.05) is 13.7 Å². The summed E-state index contributed by atoms with van der Waals surface area (Å²) in [4.78, 5) is 0. The van der Waals surface area contributed by atoms with Crippen molar-refractivity contribution in [2.45, 2.75) is 103 Å². The molecule has 152 valence electrons. The predicted molar refractivity (Wildman–Crippen MR) is 113 cm³/mol. The first-order valence-corrected chi connectivity index (χ1v) is 13.7. The number of ether oxygens (including phenoxy) is 1. The third-order valence-electron chi connectivity index (χ3n) is 5.34. The molecule has 2 radical (unpaired) electrons. The fourth-order valence-electron chi connectivity index (χ4n) is 3.60. The van der Waals surface area contributed by atoms with Gasteiger partial charge in [0.25, 0.3) is 8.53 Å². The largest absolute Gasteiger partial charge is 0.414 e. The first-order valence-electron chi connectivity index (χ1n) is 10.1. The highest BCUT2D eigenvalue weighted by atomic mass is 31.2. The van der Waals surface area contributed by atoms with E-state index in [4.69, 9.17) is 26.1 Å². The fourth-order valence-corrected chi connectivity index (χ4v) is 7.82. The van der Waals surface area contributed by atoms with Gasteiger partial charge in [0.1, 0.15) is 14.0 Å². The van der Waals surface area contributed by atoms with Gasteiger partial charge in [-0.15, -0.1) is 0 Å². The van der Waals surface area contributed by atoms with Crippen LogP contribution < -0.4 is 0 Å². The average Bonchev–Trinajstić information content (AvgIpc) is 2.94. The predicted octanol–water partition coefficient (Wildman–Crippen LogP) is 4.67. The molecule has 0 amide bonds. The van der Waals surface area contributed by atoms with E-state index in [0.29, 0.717) is 25.1 Å². The Hall–Kier alpha value is 0.512. The van der Waals surface area contributed by atoms with Crippen LogP contribution in [0.1, 0.15) is 54.9 Å².